The summed E-state index contributed by atoms with van der Waals surface area (Å²) in [5, 5.41) is 4.61. The van der Waals surface area contributed by atoms with Gasteiger partial charge in [-0.15, -0.1) is 52.7 Å². The number of hydrogen-bond acceptors (Lipinski definition) is 2. The predicted molar refractivity (Wildman–Crippen MR) is 170 cm³/mol. The molecule has 207 valence electrons. The van der Waals surface area contributed by atoms with Crippen LogP contribution in [-0.2, 0) is 24.7 Å². The first-order valence-corrected chi connectivity index (χ1v) is 15.1. The molecule has 0 spiro atoms. The minimum Gasteiger partial charge on any atom is -0.340 e. The van der Waals surface area contributed by atoms with Crippen LogP contribution >= 0.6 is 7.14 Å². The van der Waals surface area contributed by atoms with Crippen molar-refractivity contribution in [2.24, 2.45) is 0 Å². The first kappa shape index (κ1) is 29.2. The summed E-state index contributed by atoms with van der Waals surface area (Å²) in [5.41, 5.74) is 2.11. The summed E-state index contributed by atoms with van der Waals surface area (Å²) >= 11 is 0. The van der Waals surface area contributed by atoms with Gasteiger partial charge in [0.1, 0.15) is 7.14 Å². The fourth-order valence-electron chi connectivity index (χ4n) is 4.83. The van der Waals surface area contributed by atoms with Gasteiger partial charge in [-0.1, -0.05) is 102 Å². The minimum atomic E-state index is -2.94. The van der Waals surface area contributed by atoms with Crippen molar-refractivity contribution in [2.75, 3.05) is 0 Å². The van der Waals surface area contributed by atoms with Crippen LogP contribution < -0.4 is 15.9 Å². The maximum absolute atomic E-state index is 14.2. The van der Waals surface area contributed by atoms with Crippen LogP contribution in [-0.4, -0.2) is 9.55 Å². The first-order chi connectivity index (χ1) is 20.2. The van der Waals surface area contributed by atoms with Gasteiger partial charge in [0.15, 0.2) is 0 Å². The van der Waals surface area contributed by atoms with Crippen LogP contribution in [0.15, 0.2) is 164 Å². The predicted octanol–water partition coefficient (Wildman–Crippen LogP) is 7.62. The number of benzene rings is 6. The Hall–Kier alpha value is -4.33. The van der Waals surface area contributed by atoms with Crippen LogP contribution in [0.3, 0.4) is 0 Å². The van der Waals surface area contributed by atoms with E-state index in [1.807, 2.05) is 152 Å². The number of rotatable bonds is 5. The zero-order valence-electron chi connectivity index (χ0n) is 22.7. The standard InChI is InChI=1S/C22H16OP.C15H11N2.Ir/c23-24(20-11-3-1-4-12-20,21-13-5-2-6-14-21)22-16-15-18-9-7-8-10-19(18)17-22;1-3-7-13(8-4-1)15-16-11-12-17(15)14-9-5-2-6-10-14;/h1-15,17H;1-7,9-12H;/q2*-1;. The van der Waals surface area contributed by atoms with Crippen LogP contribution in [0.2, 0.25) is 0 Å². The van der Waals surface area contributed by atoms with E-state index in [1.54, 1.807) is 0 Å². The molecule has 0 atom stereocenters. The molecule has 0 N–H and O–H groups in total. The second-order valence-electron chi connectivity index (χ2n) is 9.46. The zero-order chi connectivity index (χ0) is 27.9. The van der Waals surface area contributed by atoms with Crippen molar-refractivity contribution >= 4 is 33.8 Å². The van der Waals surface area contributed by atoms with E-state index in [2.05, 4.69) is 33.8 Å². The van der Waals surface area contributed by atoms with E-state index in [0.717, 1.165) is 43.8 Å². The Morgan fingerprint density at radius 3 is 1.81 bits per heavy atom. The van der Waals surface area contributed by atoms with Gasteiger partial charge >= 0.3 is 0 Å². The Balaban J connectivity index is 0.000000173. The van der Waals surface area contributed by atoms with E-state index in [-0.39, 0.29) is 20.1 Å². The number of hydrogen-bond donors (Lipinski definition) is 0. The van der Waals surface area contributed by atoms with E-state index < -0.39 is 7.14 Å². The van der Waals surface area contributed by atoms with Gasteiger partial charge in [0, 0.05) is 48.8 Å². The Morgan fingerprint density at radius 1 is 0.619 bits per heavy atom. The molecule has 5 heteroatoms. The molecule has 3 nitrogen and oxygen atoms in total. The maximum atomic E-state index is 14.2. The fraction of sp³-hybridized carbons (Fsp3) is 0. The normalized spacial score (nSPS) is 10.8. The van der Waals surface area contributed by atoms with E-state index >= 15 is 0 Å². The monoisotopic (exact) mass is 739 g/mol. The molecule has 1 aromatic heterocycles. The van der Waals surface area contributed by atoms with Crippen LogP contribution in [0.1, 0.15) is 0 Å². The Kier molecular flexibility index (Phi) is 9.41. The van der Waals surface area contributed by atoms with Crippen molar-refractivity contribution in [3.05, 3.63) is 176 Å². The molecule has 6 aromatic carbocycles. The Morgan fingerprint density at radius 2 is 1.19 bits per heavy atom. The quantitative estimate of drug-likeness (QED) is 0.135. The van der Waals surface area contributed by atoms with Gasteiger partial charge in [-0.05, 0) is 12.1 Å². The van der Waals surface area contributed by atoms with Crippen LogP contribution in [0.5, 0.6) is 0 Å². The van der Waals surface area contributed by atoms with Crippen molar-refractivity contribution in [3.8, 4) is 17.1 Å². The second-order valence-corrected chi connectivity index (χ2v) is 12.2. The number of nitrogens with zero attached hydrogens (tertiary/aromatic N) is 2. The van der Waals surface area contributed by atoms with Crippen molar-refractivity contribution in [3.63, 3.8) is 0 Å². The van der Waals surface area contributed by atoms with Gasteiger partial charge in [-0.3, -0.25) is 4.98 Å². The molecule has 0 bridgehead atoms. The van der Waals surface area contributed by atoms with Crippen molar-refractivity contribution < 1.29 is 24.7 Å². The van der Waals surface area contributed by atoms with E-state index in [4.69, 9.17) is 0 Å². The third-order valence-electron chi connectivity index (χ3n) is 6.87. The average Bonchev–Trinajstić information content (AvgIpc) is 3.56. The molecule has 7 aromatic rings. The van der Waals surface area contributed by atoms with Gasteiger partial charge in [0.05, 0.1) is 5.82 Å². The van der Waals surface area contributed by atoms with Crippen LogP contribution in [0.25, 0.3) is 27.8 Å². The second kappa shape index (κ2) is 13.6. The summed E-state index contributed by atoms with van der Waals surface area (Å²) < 4.78 is 16.3. The van der Waals surface area contributed by atoms with Crippen LogP contribution in [0.4, 0.5) is 0 Å². The van der Waals surface area contributed by atoms with E-state index in [0.29, 0.717) is 0 Å². The fourth-order valence-corrected chi connectivity index (χ4v) is 7.44. The van der Waals surface area contributed by atoms with Gasteiger partial charge in [0.2, 0.25) is 0 Å². The average molecular weight is 739 g/mol. The number of imidazole rings is 1. The molecule has 42 heavy (non-hydrogen) atoms. The molecule has 1 heterocycles. The van der Waals surface area contributed by atoms with Gasteiger partial charge in [-0.25, -0.2) is 0 Å². The van der Waals surface area contributed by atoms with Gasteiger partial charge in [0.25, 0.3) is 0 Å². The van der Waals surface area contributed by atoms with Crippen molar-refractivity contribution in [1.82, 2.24) is 9.55 Å². The molecule has 7 rings (SSSR count). The largest absolute Gasteiger partial charge is 0.340 e. The summed E-state index contributed by atoms with van der Waals surface area (Å²) in [6.45, 7) is 0. The first-order valence-electron chi connectivity index (χ1n) is 13.4. The van der Waals surface area contributed by atoms with Crippen molar-refractivity contribution in [1.29, 1.82) is 0 Å². The maximum Gasteiger partial charge on any atom is 0.147 e. The molecule has 0 unspecified atom stereocenters. The zero-order valence-corrected chi connectivity index (χ0v) is 26.0. The Bertz CT molecular complexity index is 1810. The van der Waals surface area contributed by atoms with E-state index in [1.165, 1.54) is 0 Å². The summed E-state index contributed by atoms with van der Waals surface area (Å²) in [6.07, 6.45) is 3.77. The third-order valence-corrected chi connectivity index (χ3v) is 9.86. The summed E-state index contributed by atoms with van der Waals surface area (Å²) in [7, 11) is -2.94. The molecular formula is C37H27IrN2OP-2. The third kappa shape index (κ3) is 6.12. The molecule has 1 radical (unpaired) electrons. The van der Waals surface area contributed by atoms with E-state index in [9.17, 15) is 4.57 Å². The molecule has 0 aliphatic heterocycles. The summed E-state index contributed by atoms with van der Waals surface area (Å²) in [4.78, 5) is 4.39. The molecule has 0 saturated heterocycles. The molecule has 0 aliphatic carbocycles. The number of para-hydroxylation sites is 1. The molecule has 0 saturated carbocycles. The van der Waals surface area contributed by atoms with Gasteiger partial charge < -0.3 is 9.13 Å². The number of fused-ring (bicyclic) bond motifs is 1. The Labute approximate surface area is 260 Å². The topological polar surface area (TPSA) is 34.9 Å². The number of aromatic nitrogens is 2. The summed E-state index contributed by atoms with van der Waals surface area (Å²) in [5.74, 6) is 0.914. The van der Waals surface area contributed by atoms with Crippen molar-refractivity contribution in [2.45, 2.75) is 0 Å². The smallest absolute Gasteiger partial charge is 0.147 e. The molecule has 0 fully saturated rings. The van der Waals surface area contributed by atoms with Crippen LogP contribution in [0, 0.1) is 12.1 Å². The molecule has 0 amide bonds. The minimum absolute atomic E-state index is 0. The van der Waals surface area contributed by atoms with Gasteiger partial charge in [-0.2, -0.15) is 18.2 Å². The SMILES string of the molecule is O=P(c1[c-]cc2ccccc2c1)(c1ccccc1)c1ccccc1.[Ir].[c-]1ccccc1-c1nccn1-c1ccccc1. The summed E-state index contributed by atoms with van der Waals surface area (Å²) in [6, 6.07) is 56.0. The molecular weight excluding hydrogens is 712 g/mol. The molecule has 0 aliphatic rings.